The van der Waals surface area contributed by atoms with E-state index in [1.807, 2.05) is 20.9 Å². The third kappa shape index (κ3) is 3.22. The summed E-state index contributed by atoms with van der Waals surface area (Å²) in [6.45, 7) is 4.86. The zero-order valence-electron chi connectivity index (χ0n) is 13.1. The third-order valence-corrected chi connectivity index (χ3v) is 5.91. The lowest BCUT2D eigenvalue weighted by Gasteiger charge is -2.31. The van der Waals surface area contributed by atoms with Gasteiger partial charge in [-0.05, 0) is 57.0 Å². The molecular formula is C15H24N2O3S. The molecule has 0 amide bonds. The standard InChI is InChI=1S/C15H24N2O3S/c1-11-8-14(9-12(2)15(11)20-4)21(18,19)17-7-5-6-13(10-17)16-3/h8-9,13,16H,5-7,10H2,1-4H3. The second-order valence-electron chi connectivity index (χ2n) is 5.58. The number of hydrogen-bond donors (Lipinski definition) is 1. The van der Waals surface area contributed by atoms with Crippen LogP contribution < -0.4 is 10.1 Å². The summed E-state index contributed by atoms with van der Waals surface area (Å²) in [5.74, 6) is 0.751. The molecule has 1 aliphatic heterocycles. The van der Waals surface area contributed by atoms with Crippen LogP contribution in [-0.2, 0) is 10.0 Å². The van der Waals surface area contributed by atoms with Crippen molar-refractivity contribution >= 4 is 10.0 Å². The van der Waals surface area contributed by atoms with Crippen molar-refractivity contribution in [3.05, 3.63) is 23.3 Å². The van der Waals surface area contributed by atoms with Crippen LogP contribution in [0, 0.1) is 13.8 Å². The molecule has 0 bridgehead atoms. The Labute approximate surface area is 127 Å². The van der Waals surface area contributed by atoms with Crippen LogP contribution in [-0.4, -0.2) is 46.0 Å². The van der Waals surface area contributed by atoms with Crippen molar-refractivity contribution in [2.24, 2.45) is 0 Å². The van der Waals surface area contributed by atoms with Gasteiger partial charge >= 0.3 is 0 Å². The van der Waals surface area contributed by atoms with Crippen LogP contribution in [0.15, 0.2) is 17.0 Å². The Morgan fingerprint density at radius 2 is 1.90 bits per heavy atom. The first kappa shape index (κ1) is 16.3. The van der Waals surface area contributed by atoms with E-state index in [1.165, 1.54) is 0 Å². The maximum absolute atomic E-state index is 12.8. The van der Waals surface area contributed by atoms with E-state index in [9.17, 15) is 8.42 Å². The largest absolute Gasteiger partial charge is 0.496 e. The number of methoxy groups -OCH3 is 1. The zero-order valence-corrected chi connectivity index (χ0v) is 14.0. The van der Waals surface area contributed by atoms with E-state index < -0.39 is 10.0 Å². The van der Waals surface area contributed by atoms with Gasteiger partial charge in [0.25, 0.3) is 0 Å². The first-order chi connectivity index (χ1) is 9.90. The van der Waals surface area contributed by atoms with Crippen LogP contribution in [0.2, 0.25) is 0 Å². The summed E-state index contributed by atoms with van der Waals surface area (Å²) in [6, 6.07) is 3.63. The fourth-order valence-corrected chi connectivity index (χ4v) is 4.62. The highest BCUT2D eigenvalue weighted by Gasteiger charge is 2.30. The lowest BCUT2D eigenvalue weighted by atomic mass is 10.1. The van der Waals surface area contributed by atoms with Crippen molar-refractivity contribution in [2.45, 2.75) is 37.6 Å². The number of rotatable bonds is 4. The molecule has 5 nitrogen and oxygen atoms in total. The minimum Gasteiger partial charge on any atom is -0.496 e. The van der Waals surface area contributed by atoms with Crippen LogP contribution in [0.5, 0.6) is 5.75 Å². The van der Waals surface area contributed by atoms with Gasteiger partial charge in [0, 0.05) is 19.1 Å². The highest BCUT2D eigenvalue weighted by Crippen LogP contribution is 2.29. The average Bonchev–Trinajstić information content (AvgIpc) is 2.47. The molecule has 1 aromatic rings. The molecule has 1 heterocycles. The quantitative estimate of drug-likeness (QED) is 0.919. The molecule has 0 saturated carbocycles. The number of piperidine rings is 1. The van der Waals surface area contributed by atoms with Gasteiger partial charge in [-0.15, -0.1) is 0 Å². The molecule has 0 aromatic heterocycles. The van der Waals surface area contributed by atoms with Crippen LogP contribution in [0.3, 0.4) is 0 Å². The van der Waals surface area contributed by atoms with Gasteiger partial charge in [-0.25, -0.2) is 8.42 Å². The topological polar surface area (TPSA) is 58.6 Å². The SMILES string of the molecule is CNC1CCCN(S(=O)(=O)c2cc(C)c(OC)c(C)c2)C1. The Kier molecular flexibility index (Phi) is 4.91. The summed E-state index contributed by atoms with van der Waals surface area (Å²) in [6.07, 6.45) is 1.90. The lowest BCUT2D eigenvalue weighted by Crippen LogP contribution is -2.46. The summed E-state index contributed by atoms with van der Waals surface area (Å²) >= 11 is 0. The zero-order chi connectivity index (χ0) is 15.6. The summed E-state index contributed by atoms with van der Waals surface area (Å²) in [7, 11) is 0.0430. The normalized spacial score (nSPS) is 20.5. The molecule has 118 valence electrons. The molecule has 0 aliphatic carbocycles. The Bertz CT molecular complexity index is 590. The summed E-state index contributed by atoms with van der Waals surface area (Å²) in [5, 5.41) is 3.17. The highest BCUT2D eigenvalue weighted by molar-refractivity contribution is 7.89. The highest BCUT2D eigenvalue weighted by atomic mass is 32.2. The first-order valence-electron chi connectivity index (χ1n) is 7.22. The lowest BCUT2D eigenvalue weighted by molar-refractivity contribution is 0.293. The van der Waals surface area contributed by atoms with Crippen LogP contribution >= 0.6 is 0 Å². The summed E-state index contributed by atoms with van der Waals surface area (Å²) in [4.78, 5) is 0.357. The predicted molar refractivity (Wildman–Crippen MR) is 83.3 cm³/mol. The molecule has 1 fully saturated rings. The van der Waals surface area contributed by atoms with Crippen molar-refractivity contribution < 1.29 is 13.2 Å². The molecule has 1 atom stereocenters. The maximum Gasteiger partial charge on any atom is 0.243 e. The van der Waals surface area contributed by atoms with Gasteiger partial charge in [0.05, 0.1) is 12.0 Å². The number of benzene rings is 1. The van der Waals surface area contributed by atoms with Crippen molar-refractivity contribution in [1.29, 1.82) is 0 Å². The number of likely N-dealkylation sites (N-methyl/N-ethyl adjacent to an activating group) is 1. The molecule has 0 spiro atoms. The molecular weight excluding hydrogens is 288 g/mol. The average molecular weight is 312 g/mol. The number of sulfonamides is 1. The number of nitrogens with one attached hydrogen (secondary N) is 1. The molecule has 1 saturated heterocycles. The molecule has 2 rings (SSSR count). The molecule has 1 unspecified atom stereocenters. The van der Waals surface area contributed by atoms with Gasteiger partial charge in [0.15, 0.2) is 0 Å². The van der Waals surface area contributed by atoms with Crippen LogP contribution in [0.4, 0.5) is 0 Å². The van der Waals surface area contributed by atoms with Gasteiger partial charge < -0.3 is 10.1 Å². The molecule has 21 heavy (non-hydrogen) atoms. The summed E-state index contributed by atoms with van der Waals surface area (Å²) in [5.41, 5.74) is 1.69. The molecule has 1 aliphatic rings. The smallest absolute Gasteiger partial charge is 0.243 e. The van der Waals surface area contributed by atoms with E-state index in [0.29, 0.717) is 18.0 Å². The summed E-state index contributed by atoms with van der Waals surface area (Å²) < 4.78 is 32.5. The minimum absolute atomic E-state index is 0.231. The van der Waals surface area contributed by atoms with E-state index >= 15 is 0 Å². The Balaban J connectivity index is 2.35. The van der Waals surface area contributed by atoms with Crippen LogP contribution in [0.1, 0.15) is 24.0 Å². The van der Waals surface area contributed by atoms with Gasteiger partial charge in [-0.2, -0.15) is 4.31 Å². The van der Waals surface area contributed by atoms with E-state index in [1.54, 1.807) is 23.5 Å². The van der Waals surface area contributed by atoms with E-state index in [-0.39, 0.29) is 6.04 Å². The number of ether oxygens (including phenoxy) is 1. The van der Waals surface area contributed by atoms with Gasteiger partial charge in [0.2, 0.25) is 10.0 Å². The fourth-order valence-electron chi connectivity index (χ4n) is 2.93. The molecule has 1 N–H and O–H groups in total. The number of hydrogen-bond acceptors (Lipinski definition) is 4. The number of aryl methyl sites for hydroxylation is 2. The van der Waals surface area contributed by atoms with Gasteiger partial charge in [0.1, 0.15) is 5.75 Å². The first-order valence-corrected chi connectivity index (χ1v) is 8.66. The Morgan fingerprint density at radius 3 is 2.43 bits per heavy atom. The second kappa shape index (κ2) is 6.34. The van der Waals surface area contributed by atoms with Crippen molar-refractivity contribution in [3.63, 3.8) is 0 Å². The van der Waals surface area contributed by atoms with Crippen molar-refractivity contribution in [1.82, 2.24) is 9.62 Å². The van der Waals surface area contributed by atoms with E-state index in [2.05, 4.69) is 5.32 Å². The van der Waals surface area contributed by atoms with Crippen LogP contribution in [0.25, 0.3) is 0 Å². The second-order valence-corrected chi connectivity index (χ2v) is 7.52. The molecule has 1 aromatic carbocycles. The Hall–Kier alpha value is -1.11. The van der Waals surface area contributed by atoms with Gasteiger partial charge in [-0.1, -0.05) is 0 Å². The van der Waals surface area contributed by atoms with Crippen molar-refractivity contribution in [2.75, 3.05) is 27.2 Å². The maximum atomic E-state index is 12.8. The molecule has 6 heteroatoms. The third-order valence-electron chi connectivity index (χ3n) is 4.07. The van der Waals surface area contributed by atoms with E-state index in [0.717, 1.165) is 29.7 Å². The van der Waals surface area contributed by atoms with Gasteiger partial charge in [-0.3, -0.25) is 0 Å². The number of nitrogens with zero attached hydrogens (tertiary/aromatic N) is 1. The molecule has 0 radical (unpaired) electrons. The fraction of sp³-hybridized carbons (Fsp3) is 0.600. The monoisotopic (exact) mass is 312 g/mol. The predicted octanol–water partition coefficient (Wildman–Crippen LogP) is 1.68. The van der Waals surface area contributed by atoms with E-state index in [4.69, 9.17) is 4.74 Å². The Morgan fingerprint density at radius 1 is 1.29 bits per heavy atom. The van der Waals surface area contributed by atoms with Crippen molar-refractivity contribution in [3.8, 4) is 5.75 Å². The minimum atomic E-state index is -3.44.